The maximum atomic E-state index is 13.4. The van der Waals surface area contributed by atoms with E-state index in [9.17, 15) is 73.2 Å². The molecule has 0 radical (unpaired) electrons. The number of amides is 7. The number of nitrogens with two attached hydrogens (primary N) is 2. The average Bonchev–Trinajstić information content (AvgIpc) is 3.08. The molecule has 0 unspecified atom stereocenters. The van der Waals surface area contributed by atoms with Crippen LogP contribution in [0.15, 0.2) is 24.3 Å². The molecule has 24 nitrogen and oxygen atoms in total. The van der Waals surface area contributed by atoms with Crippen molar-refractivity contribution in [3.63, 3.8) is 0 Å². The van der Waals surface area contributed by atoms with Gasteiger partial charge in [0, 0.05) is 6.42 Å². The number of carbonyl (C=O) groups is 11. The maximum Gasteiger partial charge on any atom is 0.326 e. The number of hydrogen-bond acceptors (Lipinski definition) is 13. The molecule has 0 aromatic heterocycles. The number of aromatic hydroxyl groups is 1. The third-order valence-corrected chi connectivity index (χ3v) is 7.57. The third-order valence-electron chi connectivity index (χ3n) is 7.57. The monoisotopic (exact) mass is 810 g/mol. The van der Waals surface area contributed by atoms with E-state index in [0.29, 0.717) is 5.56 Å². The first-order valence-corrected chi connectivity index (χ1v) is 17.0. The Morgan fingerprint density at radius 1 is 0.579 bits per heavy atom. The molecule has 1 aromatic rings. The summed E-state index contributed by atoms with van der Waals surface area (Å²) in [6, 6.07) is -5.03. The number of carboxylic acid groups (broad SMARTS) is 4. The van der Waals surface area contributed by atoms with Gasteiger partial charge in [0.2, 0.25) is 41.4 Å². The number of aliphatic carboxylic acids is 4. The fraction of sp³-hybridized carbons (Fsp3) is 0.485. The third kappa shape index (κ3) is 18.8. The number of carbonyl (C=O) groups excluding carboxylic acids is 7. The van der Waals surface area contributed by atoms with Crippen LogP contribution in [0.1, 0.15) is 51.5 Å². The van der Waals surface area contributed by atoms with Crippen LogP contribution in [0.3, 0.4) is 0 Å². The van der Waals surface area contributed by atoms with Crippen LogP contribution in [0.4, 0.5) is 0 Å². The molecule has 314 valence electrons. The van der Waals surface area contributed by atoms with Gasteiger partial charge in [-0.05, 0) is 30.0 Å². The number of hydrogen-bond donors (Lipinski definition) is 13. The minimum atomic E-state index is -1.89. The first kappa shape index (κ1) is 48.2. The van der Waals surface area contributed by atoms with Crippen molar-refractivity contribution in [2.24, 2.45) is 17.4 Å². The Morgan fingerprint density at radius 3 is 1.49 bits per heavy atom. The first-order chi connectivity index (χ1) is 26.5. The lowest BCUT2D eigenvalue weighted by atomic mass is 10.0. The lowest BCUT2D eigenvalue weighted by Crippen LogP contribution is -2.58. The van der Waals surface area contributed by atoms with Crippen LogP contribution in [0.25, 0.3) is 0 Å². The summed E-state index contributed by atoms with van der Waals surface area (Å²) in [7, 11) is 0. The number of nitrogens with one attached hydrogen (secondary N) is 6. The quantitative estimate of drug-likeness (QED) is 0.0441. The van der Waals surface area contributed by atoms with Gasteiger partial charge in [0.15, 0.2) is 0 Å². The Labute approximate surface area is 323 Å². The molecule has 6 atom stereocenters. The van der Waals surface area contributed by atoms with Crippen molar-refractivity contribution in [2.45, 2.75) is 88.6 Å². The molecule has 15 N–H and O–H groups in total. The van der Waals surface area contributed by atoms with E-state index in [1.165, 1.54) is 24.3 Å². The number of phenols is 1. The Balaban J connectivity index is 3.22. The lowest BCUT2D eigenvalue weighted by Gasteiger charge is -2.25. The highest BCUT2D eigenvalue weighted by Crippen LogP contribution is 2.12. The second kappa shape index (κ2) is 23.2. The van der Waals surface area contributed by atoms with Crippen molar-refractivity contribution >= 4 is 65.2 Å². The van der Waals surface area contributed by atoms with Crippen molar-refractivity contribution in [2.75, 3.05) is 6.54 Å². The molecule has 0 aliphatic carbocycles. The van der Waals surface area contributed by atoms with Crippen molar-refractivity contribution < 1.29 is 78.3 Å². The van der Waals surface area contributed by atoms with E-state index in [1.807, 2.05) is 10.6 Å². The molecule has 0 saturated heterocycles. The molecule has 0 aliphatic rings. The molecule has 57 heavy (non-hydrogen) atoms. The number of primary amides is 1. The van der Waals surface area contributed by atoms with Gasteiger partial charge in [0.1, 0.15) is 36.0 Å². The summed E-state index contributed by atoms with van der Waals surface area (Å²) >= 11 is 0. The van der Waals surface area contributed by atoms with E-state index in [4.69, 9.17) is 16.6 Å². The summed E-state index contributed by atoms with van der Waals surface area (Å²) < 4.78 is 0. The number of benzene rings is 1. The van der Waals surface area contributed by atoms with Crippen LogP contribution in [-0.2, 0) is 59.2 Å². The second-order valence-corrected chi connectivity index (χ2v) is 13.0. The molecule has 1 aromatic carbocycles. The van der Waals surface area contributed by atoms with Crippen LogP contribution < -0.4 is 43.4 Å². The lowest BCUT2D eigenvalue weighted by molar-refractivity contribution is -0.145. The Bertz CT molecular complexity index is 1690. The molecule has 0 bridgehead atoms. The van der Waals surface area contributed by atoms with Gasteiger partial charge in [0.25, 0.3) is 0 Å². The van der Waals surface area contributed by atoms with E-state index in [1.54, 1.807) is 13.8 Å². The van der Waals surface area contributed by atoms with E-state index in [-0.39, 0.29) is 24.5 Å². The number of carboxylic acids is 4. The fourth-order valence-corrected chi connectivity index (χ4v) is 4.86. The molecular weight excluding hydrogens is 764 g/mol. The average molecular weight is 811 g/mol. The van der Waals surface area contributed by atoms with Gasteiger partial charge in [-0.25, -0.2) is 4.79 Å². The van der Waals surface area contributed by atoms with Crippen LogP contribution in [0.5, 0.6) is 5.75 Å². The van der Waals surface area contributed by atoms with Gasteiger partial charge in [0.05, 0.1) is 38.3 Å². The predicted molar refractivity (Wildman–Crippen MR) is 190 cm³/mol. The van der Waals surface area contributed by atoms with Crippen LogP contribution in [0, 0.1) is 5.92 Å². The van der Waals surface area contributed by atoms with Gasteiger partial charge in [-0.2, -0.15) is 0 Å². The Hall–Kier alpha value is -6.85. The normalized spacial score (nSPS) is 13.9. The topological polar surface area (TPSA) is 413 Å². The smallest absolute Gasteiger partial charge is 0.326 e. The molecular formula is C33H46N8O16. The molecule has 1 rings (SSSR count). The van der Waals surface area contributed by atoms with E-state index >= 15 is 0 Å². The zero-order valence-electron chi connectivity index (χ0n) is 30.7. The summed E-state index contributed by atoms with van der Waals surface area (Å²) in [5.74, 6) is -14.7. The maximum absolute atomic E-state index is 13.4. The van der Waals surface area contributed by atoms with Gasteiger partial charge in [-0.15, -0.1) is 0 Å². The molecule has 0 heterocycles. The number of rotatable bonds is 25. The summed E-state index contributed by atoms with van der Waals surface area (Å²) in [6.07, 6.45) is -4.19. The highest BCUT2D eigenvalue weighted by atomic mass is 16.4. The van der Waals surface area contributed by atoms with E-state index in [0.717, 1.165) is 0 Å². The Kier molecular flexibility index (Phi) is 19.6. The summed E-state index contributed by atoms with van der Waals surface area (Å²) in [5, 5.41) is 59.4. The van der Waals surface area contributed by atoms with Crippen molar-refractivity contribution in [3.05, 3.63) is 29.8 Å². The summed E-state index contributed by atoms with van der Waals surface area (Å²) in [6.45, 7) is 2.44. The second-order valence-electron chi connectivity index (χ2n) is 13.0. The van der Waals surface area contributed by atoms with E-state index < -0.39 is 134 Å². The van der Waals surface area contributed by atoms with Gasteiger partial charge in [-0.1, -0.05) is 26.0 Å². The minimum absolute atomic E-state index is 0.0985. The van der Waals surface area contributed by atoms with Crippen LogP contribution >= 0.6 is 0 Å². The fourth-order valence-electron chi connectivity index (χ4n) is 4.86. The highest BCUT2D eigenvalue weighted by molar-refractivity contribution is 5.98. The predicted octanol–water partition coefficient (Wildman–Crippen LogP) is -4.77. The highest BCUT2D eigenvalue weighted by Gasteiger charge is 2.33. The zero-order valence-corrected chi connectivity index (χ0v) is 30.7. The molecule has 0 aliphatic heterocycles. The van der Waals surface area contributed by atoms with Crippen molar-refractivity contribution in [1.82, 2.24) is 31.9 Å². The summed E-state index contributed by atoms with van der Waals surface area (Å²) in [4.78, 5) is 135. The van der Waals surface area contributed by atoms with Crippen LogP contribution in [0.2, 0.25) is 0 Å². The van der Waals surface area contributed by atoms with Gasteiger partial charge >= 0.3 is 23.9 Å². The molecule has 0 saturated carbocycles. The van der Waals surface area contributed by atoms with Crippen LogP contribution in [-0.4, -0.2) is 134 Å². The molecule has 0 spiro atoms. The summed E-state index contributed by atoms with van der Waals surface area (Å²) in [5.41, 5.74) is 10.9. The zero-order chi connectivity index (χ0) is 43.6. The Morgan fingerprint density at radius 2 is 1.04 bits per heavy atom. The first-order valence-electron chi connectivity index (χ1n) is 17.0. The SMILES string of the molecule is CC(C)C[C@H](NC(=O)CNC(=O)[C@H](Cc1ccc(O)cc1)NC(=O)[C@H](CC(=O)O)NC(=O)[C@@H](N)CC(=O)O)C(=O)N[C@@H](CC(=O)O)C(=O)N[C@@H](CC(N)=O)C(=O)O. The van der Waals surface area contributed by atoms with Crippen molar-refractivity contribution in [1.29, 1.82) is 0 Å². The minimum Gasteiger partial charge on any atom is -0.508 e. The van der Waals surface area contributed by atoms with Gasteiger partial charge < -0.3 is 68.9 Å². The van der Waals surface area contributed by atoms with Crippen molar-refractivity contribution in [3.8, 4) is 5.75 Å². The molecule has 24 heteroatoms. The van der Waals surface area contributed by atoms with E-state index in [2.05, 4.69) is 21.3 Å². The molecule has 0 fully saturated rings. The largest absolute Gasteiger partial charge is 0.508 e. The standard InChI is InChI=1S/C33H46N8O16/c1-14(2)7-18(30(53)40-21(12-27(49)50)32(55)41-22(33(56)57)10-23(35)43)37-24(44)13-36-29(52)19(8-15-3-5-16(42)6-4-15)39-31(54)20(11-26(47)48)38-28(51)17(34)9-25(45)46/h3-6,14,17-22,42H,7-13,34H2,1-2H3,(H2,35,43)(H,36,52)(H,37,44)(H,38,51)(H,39,54)(H,40,53)(H,41,55)(H,45,46)(H,47,48)(H,49,50)(H,56,57)/t17-,18-,19-,20-,21-,22-/m0/s1. The molecule has 7 amide bonds. The van der Waals surface area contributed by atoms with Gasteiger partial charge in [-0.3, -0.25) is 47.9 Å². The number of phenolic OH excluding ortho intramolecular Hbond substituents is 1.